The van der Waals surface area contributed by atoms with Crippen LogP contribution in [-0.2, 0) is 4.79 Å². The number of hydrogen-bond acceptors (Lipinski definition) is 4. The summed E-state index contributed by atoms with van der Waals surface area (Å²) in [6, 6.07) is 2.08. The molecule has 0 fully saturated rings. The van der Waals surface area contributed by atoms with Crippen molar-refractivity contribution in [3.63, 3.8) is 0 Å². The Kier molecular flexibility index (Phi) is 4.47. The molecule has 0 bridgehead atoms. The van der Waals surface area contributed by atoms with Crippen LogP contribution in [-0.4, -0.2) is 37.1 Å². The zero-order chi connectivity index (χ0) is 13.7. The van der Waals surface area contributed by atoms with Crippen molar-refractivity contribution in [1.82, 2.24) is 10.3 Å². The lowest BCUT2D eigenvalue weighted by molar-refractivity contribution is -0.117. The summed E-state index contributed by atoms with van der Waals surface area (Å²) in [6.07, 6.45) is 1.55. The van der Waals surface area contributed by atoms with Crippen molar-refractivity contribution in [3.8, 4) is 0 Å². The molecule has 0 saturated carbocycles. The number of nitrogens with zero attached hydrogens (tertiary/aromatic N) is 2. The highest BCUT2D eigenvalue weighted by Crippen LogP contribution is 2.11. The highest BCUT2D eigenvalue weighted by molar-refractivity contribution is 5.96. The van der Waals surface area contributed by atoms with E-state index in [2.05, 4.69) is 15.6 Å². The number of primary amides is 1. The third-order valence-electron chi connectivity index (χ3n) is 2.23. The second-order valence-corrected chi connectivity index (χ2v) is 4.02. The Labute approximate surface area is 105 Å². The number of nitrogens with one attached hydrogen (secondary N) is 2. The number of carbonyl (C=O) groups is 2. The maximum Gasteiger partial charge on any atom is 0.312 e. The van der Waals surface area contributed by atoms with E-state index >= 15 is 0 Å². The Morgan fingerprint density at radius 1 is 1.39 bits per heavy atom. The second kappa shape index (κ2) is 5.85. The lowest BCUT2D eigenvalue weighted by atomic mass is 10.3. The summed E-state index contributed by atoms with van der Waals surface area (Å²) in [7, 11) is 3.75. The number of amides is 3. The van der Waals surface area contributed by atoms with E-state index < -0.39 is 12.1 Å². The van der Waals surface area contributed by atoms with Crippen LogP contribution in [0.25, 0.3) is 0 Å². The first-order chi connectivity index (χ1) is 8.40. The van der Waals surface area contributed by atoms with Crippen LogP contribution in [0.15, 0.2) is 18.3 Å². The predicted molar refractivity (Wildman–Crippen MR) is 69.4 cm³/mol. The van der Waals surface area contributed by atoms with E-state index in [4.69, 9.17) is 5.73 Å². The molecule has 3 amide bonds. The highest BCUT2D eigenvalue weighted by Gasteiger charge is 2.14. The third kappa shape index (κ3) is 3.93. The lowest BCUT2D eigenvalue weighted by Crippen LogP contribution is -2.44. The van der Waals surface area contributed by atoms with Gasteiger partial charge >= 0.3 is 6.03 Å². The van der Waals surface area contributed by atoms with E-state index in [1.165, 1.54) is 0 Å². The monoisotopic (exact) mass is 251 g/mol. The molecule has 1 unspecified atom stereocenters. The molecule has 7 heteroatoms. The van der Waals surface area contributed by atoms with E-state index in [0.29, 0.717) is 5.69 Å². The molecular weight excluding hydrogens is 234 g/mol. The van der Waals surface area contributed by atoms with Crippen LogP contribution in [0.3, 0.4) is 0 Å². The molecule has 0 aliphatic heterocycles. The predicted octanol–water partition coefficient (Wildman–Crippen LogP) is 0.143. The average Bonchev–Trinajstić information content (AvgIpc) is 2.28. The number of carbonyl (C=O) groups excluding carboxylic acids is 2. The van der Waals surface area contributed by atoms with Crippen molar-refractivity contribution in [1.29, 1.82) is 0 Å². The van der Waals surface area contributed by atoms with Crippen LogP contribution in [0.2, 0.25) is 0 Å². The molecule has 1 atom stereocenters. The average molecular weight is 251 g/mol. The van der Waals surface area contributed by atoms with Crippen molar-refractivity contribution in [2.24, 2.45) is 5.73 Å². The number of rotatable bonds is 4. The second-order valence-electron chi connectivity index (χ2n) is 4.02. The van der Waals surface area contributed by atoms with E-state index in [-0.39, 0.29) is 5.91 Å². The summed E-state index contributed by atoms with van der Waals surface area (Å²) >= 11 is 0. The van der Waals surface area contributed by atoms with Crippen LogP contribution < -0.4 is 21.3 Å². The van der Waals surface area contributed by atoms with Crippen LogP contribution in [0.1, 0.15) is 6.92 Å². The molecule has 7 nitrogen and oxygen atoms in total. The third-order valence-corrected chi connectivity index (χ3v) is 2.23. The summed E-state index contributed by atoms with van der Waals surface area (Å²) in [4.78, 5) is 28.2. The van der Waals surface area contributed by atoms with Gasteiger partial charge in [-0.3, -0.25) is 4.79 Å². The fraction of sp³-hybridized carbons (Fsp3) is 0.364. The first kappa shape index (κ1) is 13.8. The van der Waals surface area contributed by atoms with E-state index in [9.17, 15) is 9.59 Å². The molecule has 0 spiro atoms. The van der Waals surface area contributed by atoms with E-state index in [1.54, 1.807) is 25.3 Å². The molecule has 0 radical (unpaired) electrons. The number of aromatic nitrogens is 1. The minimum absolute atomic E-state index is 0.354. The number of urea groups is 1. The standard InChI is InChI=1S/C11H17N5O2/c1-7(14-11(12)18)10(17)15-8-4-5-9(13-6-8)16(2)3/h4-7H,1-3H3,(H,15,17)(H3,12,14,18). The van der Waals surface area contributed by atoms with Gasteiger partial charge in [0, 0.05) is 14.1 Å². The molecule has 0 aliphatic rings. The minimum Gasteiger partial charge on any atom is -0.363 e. The zero-order valence-electron chi connectivity index (χ0n) is 10.6. The Hall–Kier alpha value is -2.31. The SMILES string of the molecule is CC(NC(N)=O)C(=O)Nc1ccc(N(C)C)nc1. The highest BCUT2D eigenvalue weighted by atomic mass is 16.2. The van der Waals surface area contributed by atoms with Gasteiger partial charge in [0.1, 0.15) is 11.9 Å². The topological polar surface area (TPSA) is 100 Å². The molecule has 0 aliphatic carbocycles. The van der Waals surface area contributed by atoms with E-state index in [1.807, 2.05) is 19.0 Å². The zero-order valence-corrected chi connectivity index (χ0v) is 10.6. The first-order valence-corrected chi connectivity index (χ1v) is 5.40. The van der Waals surface area contributed by atoms with Crippen LogP contribution >= 0.6 is 0 Å². The van der Waals surface area contributed by atoms with Crippen molar-refractivity contribution >= 4 is 23.4 Å². The molecule has 1 heterocycles. The van der Waals surface area contributed by atoms with Crippen molar-refractivity contribution in [2.75, 3.05) is 24.3 Å². The van der Waals surface area contributed by atoms with Gasteiger partial charge in [0.2, 0.25) is 5.91 Å². The lowest BCUT2D eigenvalue weighted by Gasteiger charge is -2.14. The van der Waals surface area contributed by atoms with Gasteiger partial charge in [0.25, 0.3) is 0 Å². The molecule has 0 saturated heterocycles. The van der Waals surface area contributed by atoms with Gasteiger partial charge in [0.15, 0.2) is 0 Å². The Morgan fingerprint density at radius 2 is 2.06 bits per heavy atom. The van der Waals surface area contributed by atoms with Crippen molar-refractivity contribution in [3.05, 3.63) is 18.3 Å². The van der Waals surface area contributed by atoms with Gasteiger partial charge in [-0.15, -0.1) is 0 Å². The number of pyridine rings is 1. The summed E-state index contributed by atoms with van der Waals surface area (Å²) in [5.41, 5.74) is 5.49. The number of nitrogens with two attached hydrogens (primary N) is 1. The molecule has 1 aromatic heterocycles. The Morgan fingerprint density at radius 3 is 2.50 bits per heavy atom. The summed E-state index contributed by atoms with van der Waals surface area (Å²) in [5.74, 6) is 0.435. The molecule has 98 valence electrons. The van der Waals surface area contributed by atoms with Gasteiger partial charge in [-0.1, -0.05) is 0 Å². The van der Waals surface area contributed by atoms with Gasteiger partial charge in [0.05, 0.1) is 11.9 Å². The van der Waals surface area contributed by atoms with Crippen LogP contribution in [0, 0.1) is 0 Å². The van der Waals surface area contributed by atoms with Crippen molar-refractivity contribution in [2.45, 2.75) is 13.0 Å². The largest absolute Gasteiger partial charge is 0.363 e. The number of anilines is 2. The van der Waals surface area contributed by atoms with Gasteiger partial charge < -0.3 is 21.3 Å². The molecule has 18 heavy (non-hydrogen) atoms. The maximum atomic E-state index is 11.6. The fourth-order valence-electron chi connectivity index (χ4n) is 1.25. The molecule has 4 N–H and O–H groups in total. The number of hydrogen-bond donors (Lipinski definition) is 3. The summed E-state index contributed by atoms with van der Waals surface area (Å²) in [5, 5.41) is 4.91. The van der Waals surface area contributed by atoms with Crippen molar-refractivity contribution < 1.29 is 9.59 Å². The molecular formula is C11H17N5O2. The molecule has 1 rings (SSSR count). The van der Waals surface area contributed by atoms with Gasteiger partial charge in [-0.05, 0) is 19.1 Å². The first-order valence-electron chi connectivity index (χ1n) is 5.40. The van der Waals surface area contributed by atoms with Gasteiger partial charge in [-0.25, -0.2) is 9.78 Å². The smallest absolute Gasteiger partial charge is 0.312 e. The quantitative estimate of drug-likeness (QED) is 0.708. The van der Waals surface area contributed by atoms with Crippen LogP contribution in [0.5, 0.6) is 0 Å². The summed E-state index contributed by atoms with van der Waals surface area (Å²) in [6.45, 7) is 1.54. The normalized spacial score (nSPS) is 11.5. The molecule has 1 aromatic rings. The fourth-order valence-corrected chi connectivity index (χ4v) is 1.25. The van der Waals surface area contributed by atoms with Crippen LogP contribution in [0.4, 0.5) is 16.3 Å². The summed E-state index contributed by atoms with van der Waals surface area (Å²) < 4.78 is 0. The minimum atomic E-state index is -0.737. The molecule has 0 aromatic carbocycles. The maximum absolute atomic E-state index is 11.6. The Balaban J connectivity index is 2.62. The Bertz CT molecular complexity index is 430. The van der Waals surface area contributed by atoms with E-state index in [0.717, 1.165) is 5.82 Å². The van der Waals surface area contributed by atoms with Gasteiger partial charge in [-0.2, -0.15) is 0 Å².